The van der Waals surface area contributed by atoms with Crippen LogP contribution in [0.5, 0.6) is 0 Å². The van der Waals surface area contributed by atoms with Crippen molar-refractivity contribution in [2.24, 2.45) is 7.05 Å². The van der Waals surface area contributed by atoms with Crippen LogP contribution in [0.1, 0.15) is 31.9 Å². The minimum Gasteiger partial charge on any atom is -0.310 e. The highest BCUT2D eigenvalue weighted by atomic mass is 15.3. The number of aryl methyl sites for hydroxylation is 1. The quantitative estimate of drug-likeness (QED) is 0.874. The van der Waals surface area contributed by atoms with Gasteiger partial charge in [0.05, 0.1) is 5.69 Å². The van der Waals surface area contributed by atoms with E-state index in [0.29, 0.717) is 6.04 Å². The maximum atomic E-state index is 4.22. The Labute approximate surface area is 109 Å². The SMILES string of the molecule is CCCNC(C)c1cccc(-c2ccnn2C)c1. The molecule has 2 aromatic rings. The zero-order valence-corrected chi connectivity index (χ0v) is 11.4. The molecule has 96 valence electrons. The van der Waals surface area contributed by atoms with Crippen molar-refractivity contribution < 1.29 is 0 Å². The fraction of sp³-hybridized carbons (Fsp3) is 0.400. The first-order valence-corrected chi connectivity index (χ1v) is 6.54. The van der Waals surface area contributed by atoms with E-state index in [-0.39, 0.29) is 0 Å². The average Bonchev–Trinajstić information content (AvgIpc) is 2.82. The molecule has 1 unspecified atom stereocenters. The van der Waals surface area contributed by atoms with Crippen LogP contribution in [0.25, 0.3) is 11.3 Å². The number of rotatable bonds is 5. The molecule has 3 nitrogen and oxygen atoms in total. The van der Waals surface area contributed by atoms with Gasteiger partial charge < -0.3 is 5.32 Å². The van der Waals surface area contributed by atoms with E-state index in [1.807, 2.05) is 24.0 Å². The molecule has 0 amide bonds. The lowest BCUT2D eigenvalue weighted by Gasteiger charge is -2.14. The summed E-state index contributed by atoms with van der Waals surface area (Å²) in [5, 5.41) is 7.73. The molecule has 0 bridgehead atoms. The second kappa shape index (κ2) is 5.83. The van der Waals surface area contributed by atoms with E-state index in [9.17, 15) is 0 Å². The van der Waals surface area contributed by atoms with Gasteiger partial charge in [-0.15, -0.1) is 0 Å². The molecule has 18 heavy (non-hydrogen) atoms. The van der Waals surface area contributed by atoms with E-state index in [0.717, 1.165) is 18.7 Å². The molecule has 1 aromatic carbocycles. The predicted octanol–water partition coefficient (Wildman–Crippen LogP) is 3.15. The van der Waals surface area contributed by atoms with Crippen molar-refractivity contribution in [1.82, 2.24) is 15.1 Å². The normalized spacial score (nSPS) is 12.6. The topological polar surface area (TPSA) is 29.9 Å². The van der Waals surface area contributed by atoms with Crippen LogP contribution in [0.4, 0.5) is 0 Å². The maximum absolute atomic E-state index is 4.22. The molecule has 1 atom stereocenters. The smallest absolute Gasteiger partial charge is 0.0678 e. The summed E-state index contributed by atoms with van der Waals surface area (Å²) in [4.78, 5) is 0. The van der Waals surface area contributed by atoms with Gasteiger partial charge in [-0.2, -0.15) is 5.10 Å². The van der Waals surface area contributed by atoms with Crippen molar-refractivity contribution in [1.29, 1.82) is 0 Å². The summed E-state index contributed by atoms with van der Waals surface area (Å²) in [5.74, 6) is 0. The Balaban J connectivity index is 2.22. The third-order valence-electron chi connectivity index (χ3n) is 3.20. The van der Waals surface area contributed by atoms with Crippen molar-refractivity contribution in [3.05, 3.63) is 42.1 Å². The van der Waals surface area contributed by atoms with Gasteiger partial charge >= 0.3 is 0 Å². The van der Waals surface area contributed by atoms with Crippen LogP contribution in [0.15, 0.2) is 36.5 Å². The Bertz CT molecular complexity index is 502. The molecular formula is C15H21N3. The van der Waals surface area contributed by atoms with Crippen molar-refractivity contribution in [3.63, 3.8) is 0 Å². The van der Waals surface area contributed by atoms with Crippen molar-refractivity contribution >= 4 is 0 Å². The summed E-state index contributed by atoms with van der Waals surface area (Å²) < 4.78 is 1.91. The molecule has 0 spiro atoms. The number of hydrogen-bond acceptors (Lipinski definition) is 2. The largest absolute Gasteiger partial charge is 0.310 e. The van der Waals surface area contributed by atoms with Crippen LogP contribution in [0, 0.1) is 0 Å². The van der Waals surface area contributed by atoms with Crippen LogP contribution in [0.2, 0.25) is 0 Å². The zero-order chi connectivity index (χ0) is 13.0. The minimum absolute atomic E-state index is 0.387. The summed E-state index contributed by atoms with van der Waals surface area (Å²) in [5.41, 5.74) is 3.69. The molecule has 0 saturated carbocycles. The molecule has 1 aromatic heterocycles. The fourth-order valence-electron chi connectivity index (χ4n) is 2.10. The molecule has 0 saturated heterocycles. The molecule has 0 fully saturated rings. The summed E-state index contributed by atoms with van der Waals surface area (Å²) in [6, 6.07) is 11.1. The Morgan fingerprint density at radius 2 is 2.17 bits per heavy atom. The van der Waals surface area contributed by atoms with Crippen LogP contribution >= 0.6 is 0 Å². The summed E-state index contributed by atoms with van der Waals surface area (Å²) in [6.45, 7) is 5.45. The lowest BCUT2D eigenvalue weighted by atomic mass is 10.0. The van der Waals surface area contributed by atoms with Gasteiger partial charge in [-0.1, -0.05) is 25.1 Å². The third-order valence-corrected chi connectivity index (χ3v) is 3.20. The number of aromatic nitrogens is 2. The predicted molar refractivity (Wildman–Crippen MR) is 75.4 cm³/mol. The molecule has 3 heteroatoms. The fourth-order valence-corrected chi connectivity index (χ4v) is 2.10. The zero-order valence-electron chi connectivity index (χ0n) is 11.4. The van der Waals surface area contributed by atoms with Crippen molar-refractivity contribution in [2.45, 2.75) is 26.3 Å². The van der Waals surface area contributed by atoms with Gasteiger partial charge in [0.15, 0.2) is 0 Å². The lowest BCUT2D eigenvalue weighted by molar-refractivity contribution is 0.571. The maximum Gasteiger partial charge on any atom is 0.0678 e. The highest BCUT2D eigenvalue weighted by Gasteiger charge is 2.07. The van der Waals surface area contributed by atoms with E-state index in [4.69, 9.17) is 0 Å². The summed E-state index contributed by atoms with van der Waals surface area (Å²) >= 11 is 0. The Kier molecular flexibility index (Phi) is 4.15. The van der Waals surface area contributed by atoms with Gasteiger partial charge in [-0.3, -0.25) is 4.68 Å². The van der Waals surface area contributed by atoms with Crippen LogP contribution in [-0.4, -0.2) is 16.3 Å². The highest BCUT2D eigenvalue weighted by Crippen LogP contribution is 2.22. The summed E-state index contributed by atoms with van der Waals surface area (Å²) in [7, 11) is 1.97. The second-order valence-electron chi connectivity index (χ2n) is 4.64. The molecular weight excluding hydrogens is 222 g/mol. The molecule has 0 aliphatic carbocycles. The van der Waals surface area contributed by atoms with Crippen LogP contribution in [0.3, 0.4) is 0 Å². The van der Waals surface area contributed by atoms with Gasteiger partial charge in [0.25, 0.3) is 0 Å². The van der Waals surface area contributed by atoms with Gasteiger partial charge in [0, 0.05) is 24.8 Å². The minimum atomic E-state index is 0.387. The molecule has 1 N–H and O–H groups in total. The van der Waals surface area contributed by atoms with Crippen LogP contribution in [-0.2, 0) is 7.05 Å². The van der Waals surface area contributed by atoms with Crippen molar-refractivity contribution in [3.8, 4) is 11.3 Å². The summed E-state index contributed by atoms with van der Waals surface area (Å²) in [6.07, 6.45) is 2.99. The first kappa shape index (κ1) is 12.8. The van der Waals surface area contributed by atoms with Gasteiger partial charge in [0.2, 0.25) is 0 Å². The molecule has 1 heterocycles. The van der Waals surface area contributed by atoms with E-state index in [2.05, 4.69) is 48.5 Å². The monoisotopic (exact) mass is 243 g/mol. The molecule has 0 aliphatic rings. The van der Waals surface area contributed by atoms with E-state index in [1.165, 1.54) is 11.1 Å². The van der Waals surface area contributed by atoms with Gasteiger partial charge in [-0.25, -0.2) is 0 Å². The number of benzene rings is 1. The number of nitrogens with one attached hydrogen (secondary N) is 1. The Morgan fingerprint density at radius 3 is 2.83 bits per heavy atom. The third kappa shape index (κ3) is 2.79. The molecule has 2 rings (SSSR count). The van der Waals surface area contributed by atoms with E-state index in [1.54, 1.807) is 0 Å². The standard InChI is InChI=1S/C15H21N3/c1-4-9-16-12(2)13-6-5-7-14(11-13)15-8-10-17-18(15)3/h5-8,10-12,16H,4,9H2,1-3H3. The first-order chi connectivity index (χ1) is 8.72. The number of hydrogen-bond donors (Lipinski definition) is 1. The average molecular weight is 243 g/mol. The second-order valence-corrected chi connectivity index (χ2v) is 4.64. The van der Waals surface area contributed by atoms with Crippen LogP contribution < -0.4 is 5.32 Å². The molecule has 0 radical (unpaired) electrons. The Hall–Kier alpha value is -1.61. The van der Waals surface area contributed by atoms with E-state index < -0.39 is 0 Å². The molecule has 0 aliphatic heterocycles. The van der Waals surface area contributed by atoms with Gasteiger partial charge in [0.1, 0.15) is 0 Å². The van der Waals surface area contributed by atoms with E-state index >= 15 is 0 Å². The number of nitrogens with zero attached hydrogens (tertiary/aromatic N) is 2. The Morgan fingerprint density at radius 1 is 1.33 bits per heavy atom. The lowest BCUT2D eigenvalue weighted by Crippen LogP contribution is -2.19. The van der Waals surface area contributed by atoms with Crippen molar-refractivity contribution in [2.75, 3.05) is 6.54 Å². The van der Waals surface area contributed by atoms with Gasteiger partial charge in [-0.05, 0) is 37.6 Å². The first-order valence-electron chi connectivity index (χ1n) is 6.54. The highest BCUT2D eigenvalue weighted by molar-refractivity contribution is 5.60.